The first-order chi connectivity index (χ1) is 8.74. The van der Waals surface area contributed by atoms with Crippen LogP contribution in [-0.4, -0.2) is 23.0 Å². The molecule has 1 aliphatic carbocycles. The van der Waals surface area contributed by atoms with Crippen molar-refractivity contribution in [2.75, 3.05) is 11.5 Å². The molecule has 2 rings (SSSR count). The molecule has 0 aromatic rings. The molecule has 3 nitrogen and oxygen atoms in total. The molecule has 1 fully saturated rings. The van der Waals surface area contributed by atoms with E-state index in [2.05, 4.69) is 17.5 Å². The van der Waals surface area contributed by atoms with Gasteiger partial charge < -0.3 is 5.32 Å². The van der Waals surface area contributed by atoms with E-state index in [-0.39, 0.29) is 5.91 Å². The lowest BCUT2D eigenvalue weighted by molar-refractivity contribution is -0.121. The number of nitriles is 1. The summed E-state index contributed by atoms with van der Waals surface area (Å²) in [7, 11) is 0. The predicted octanol–water partition coefficient (Wildman–Crippen LogP) is 2.78. The highest BCUT2D eigenvalue weighted by Crippen LogP contribution is 2.27. The molecule has 1 saturated heterocycles. The van der Waals surface area contributed by atoms with Crippen molar-refractivity contribution in [3.63, 3.8) is 0 Å². The van der Waals surface area contributed by atoms with Gasteiger partial charge in [-0.3, -0.25) is 4.79 Å². The molecule has 98 valence electrons. The Morgan fingerprint density at radius 2 is 2.22 bits per heavy atom. The number of nitrogens with one attached hydrogen (secondary N) is 1. The highest BCUT2D eigenvalue weighted by molar-refractivity contribution is 7.99. The van der Waals surface area contributed by atoms with Crippen molar-refractivity contribution < 1.29 is 4.79 Å². The maximum absolute atomic E-state index is 12.0. The molecule has 0 atom stereocenters. The standard InChI is InChI=1S/C14H20N2OS/c15-11-14(6-8-18-9-7-14)16-13(17)10-12-4-2-1-3-5-12/h4H,1-3,5-10H2,(H,16,17). The fourth-order valence-corrected chi connectivity index (χ4v) is 3.76. The van der Waals surface area contributed by atoms with Crippen molar-refractivity contribution >= 4 is 17.7 Å². The molecule has 1 heterocycles. The molecule has 0 aromatic carbocycles. The third-order valence-corrected chi connectivity index (χ3v) is 4.70. The number of hydrogen-bond donors (Lipinski definition) is 1. The predicted molar refractivity (Wildman–Crippen MR) is 74.2 cm³/mol. The lowest BCUT2D eigenvalue weighted by Gasteiger charge is -2.31. The molecule has 0 bridgehead atoms. The maximum atomic E-state index is 12.0. The monoisotopic (exact) mass is 264 g/mol. The van der Waals surface area contributed by atoms with E-state index in [0.717, 1.165) is 37.2 Å². The molecule has 0 unspecified atom stereocenters. The Kier molecular flexibility index (Phi) is 4.71. The molecule has 18 heavy (non-hydrogen) atoms. The highest BCUT2D eigenvalue weighted by Gasteiger charge is 2.33. The summed E-state index contributed by atoms with van der Waals surface area (Å²) in [4.78, 5) is 12.0. The maximum Gasteiger partial charge on any atom is 0.225 e. The Morgan fingerprint density at radius 3 is 2.83 bits per heavy atom. The van der Waals surface area contributed by atoms with Crippen molar-refractivity contribution in [3.05, 3.63) is 11.6 Å². The van der Waals surface area contributed by atoms with Crippen LogP contribution in [0.2, 0.25) is 0 Å². The van der Waals surface area contributed by atoms with Crippen LogP contribution in [0, 0.1) is 11.3 Å². The number of hydrogen-bond acceptors (Lipinski definition) is 3. The number of nitrogens with zero attached hydrogens (tertiary/aromatic N) is 1. The van der Waals surface area contributed by atoms with Gasteiger partial charge in [-0.15, -0.1) is 0 Å². The van der Waals surface area contributed by atoms with Gasteiger partial charge in [-0.2, -0.15) is 17.0 Å². The molecular formula is C14H20N2OS. The van der Waals surface area contributed by atoms with E-state index in [4.69, 9.17) is 0 Å². The smallest absolute Gasteiger partial charge is 0.225 e. The molecule has 0 radical (unpaired) electrons. The fraction of sp³-hybridized carbons (Fsp3) is 0.714. The molecule has 0 saturated carbocycles. The van der Waals surface area contributed by atoms with Gasteiger partial charge in [0.05, 0.1) is 6.07 Å². The Hall–Kier alpha value is -0.950. The number of rotatable bonds is 3. The second kappa shape index (κ2) is 6.29. The Labute approximate surface area is 113 Å². The van der Waals surface area contributed by atoms with Crippen LogP contribution in [-0.2, 0) is 4.79 Å². The van der Waals surface area contributed by atoms with Crippen LogP contribution in [0.1, 0.15) is 44.9 Å². The zero-order chi connectivity index (χ0) is 12.8. The van der Waals surface area contributed by atoms with E-state index in [1.807, 2.05) is 11.8 Å². The normalized spacial score (nSPS) is 22.7. The van der Waals surface area contributed by atoms with Crippen molar-refractivity contribution in [2.24, 2.45) is 0 Å². The fourth-order valence-electron chi connectivity index (χ4n) is 2.57. The highest BCUT2D eigenvalue weighted by atomic mass is 32.2. The molecular weight excluding hydrogens is 244 g/mol. The average Bonchev–Trinajstić information content (AvgIpc) is 2.41. The molecule has 1 aliphatic heterocycles. The van der Waals surface area contributed by atoms with Gasteiger partial charge in [-0.25, -0.2) is 0 Å². The zero-order valence-electron chi connectivity index (χ0n) is 10.7. The summed E-state index contributed by atoms with van der Waals surface area (Å²) in [5.41, 5.74) is 0.648. The molecule has 4 heteroatoms. The van der Waals surface area contributed by atoms with E-state index in [0.29, 0.717) is 6.42 Å². The first kappa shape index (κ1) is 13.5. The van der Waals surface area contributed by atoms with Crippen molar-refractivity contribution in [2.45, 2.75) is 50.5 Å². The summed E-state index contributed by atoms with van der Waals surface area (Å²) in [5, 5.41) is 12.3. The molecule has 1 amide bonds. The lowest BCUT2D eigenvalue weighted by atomic mass is 9.92. The minimum atomic E-state index is -0.600. The van der Waals surface area contributed by atoms with Crippen LogP contribution in [0.25, 0.3) is 0 Å². The van der Waals surface area contributed by atoms with Gasteiger partial charge in [-0.05, 0) is 50.0 Å². The van der Waals surface area contributed by atoms with E-state index in [1.165, 1.54) is 18.4 Å². The topological polar surface area (TPSA) is 52.9 Å². The number of carbonyl (C=O) groups excluding carboxylic acids is 1. The van der Waals surface area contributed by atoms with E-state index >= 15 is 0 Å². The van der Waals surface area contributed by atoms with Crippen molar-refractivity contribution in [1.29, 1.82) is 5.26 Å². The van der Waals surface area contributed by atoms with Crippen LogP contribution in [0.3, 0.4) is 0 Å². The van der Waals surface area contributed by atoms with Gasteiger partial charge >= 0.3 is 0 Å². The van der Waals surface area contributed by atoms with Crippen molar-refractivity contribution in [1.82, 2.24) is 5.32 Å². The Bertz CT molecular complexity index is 378. The largest absolute Gasteiger partial charge is 0.337 e. The second-order valence-electron chi connectivity index (χ2n) is 5.14. The molecule has 0 spiro atoms. The SMILES string of the molecule is N#CC1(NC(=O)CC2=CCCCC2)CCSCC1. The summed E-state index contributed by atoms with van der Waals surface area (Å²) in [6, 6.07) is 2.32. The summed E-state index contributed by atoms with van der Waals surface area (Å²) in [6.45, 7) is 0. The molecule has 2 aliphatic rings. The van der Waals surface area contributed by atoms with Crippen LogP contribution >= 0.6 is 11.8 Å². The van der Waals surface area contributed by atoms with Crippen LogP contribution < -0.4 is 5.32 Å². The van der Waals surface area contributed by atoms with Gasteiger partial charge in [-0.1, -0.05) is 11.6 Å². The first-order valence-corrected chi connectivity index (χ1v) is 7.87. The van der Waals surface area contributed by atoms with Gasteiger partial charge in [0.25, 0.3) is 0 Å². The van der Waals surface area contributed by atoms with E-state index in [1.54, 1.807) is 0 Å². The average molecular weight is 264 g/mol. The number of amides is 1. The van der Waals surface area contributed by atoms with Gasteiger partial charge in [0.1, 0.15) is 5.54 Å². The van der Waals surface area contributed by atoms with Crippen LogP contribution in [0.4, 0.5) is 0 Å². The lowest BCUT2D eigenvalue weighted by Crippen LogP contribution is -2.49. The molecule has 1 N–H and O–H groups in total. The van der Waals surface area contributed by atoms with Crippen LogP contribution in [0.15, 0.2) is 11.6 Å². The van der Waals surface area contributed by atoms with Gasteiger partial charge in [0, 0.05) is 6.42 Å². The third kappa shape index (κ3) is 3.52. The van der Waals surface area contributed by atoms with Crippen molar-refractivity contribution in [3.8, 4) is 6.07 Å². The van der Waals surface area contributed by atoms with Crippen LogP contribution in [0.5, 0.6) is 0 Å². The second-order valence-corrected chi connectivity index (χ2v) is 6.36. The quantitative estimate of drug-likeness (QED) is 0.797. The summed E-state index contributed by atoms with van der Waals surface area (Å²) < 4.78 is 0. The number of carbonyl (C=O) groups is 1. The summed E-state index contributed by atoms with van der Waals surface area (Å²) in [5.74, 6) is 1.96. The third-order valence-electron chi connectivity index (χ3n) is 3.71. The van der Waals surface area contributed by atoms with E-state index < -0.39 is 5.54 Å². The Morgan fingerprint density at radius 1 is 1.44 bits per heavy atom. The minimum absolute atomic E-state index is 0.0246. The minimum Gasteiger partial charge on any atom is -0.337 e. The van der Waals surface area contributed by atoms with E-state index in [9.17, 15) is 10.1 Å². The number of allylic oxidation sites excluding steroid dienone is 1. The first-order valence-electron chi connectivity index (χ1n) is 6.72. The Balaban J connectivity index is 1.89. The summed E-state index contributed by atoms with van der Waals surface area (Å²) >= 11 is 1.86. The molecule has 0 aromatic heterocycles. The number of thioether (sulfide) groups is 1. The van der Waals surface area contributed by atoms with Gasteiger partial charge in [0.15, 0.2) is 0 Å². The summed E-state index contributed by atoms with van der Waals surface area (Å²) in [6.07, 6.45) is 8.81. The zero-order valence-corrected chi connectivity index (χ0v) is 11.5. The van der Waals surface area contributed by atoms with Gasteiger partial charge in [0.2, 0.25) is 5.91 Å².